The molecule has 0 bridgehead atoms. The molecule has 0 atom stereocenters. The zero-order chi connectivity index (χ0) is 11.5. The zero-order valence-electron chi connectivity index (χ0n) is 8.97. The first kappa shape index (κ1) is 10.4. The quantitative estimate of drug-likeness (QED) is 0.776. The van der Waals surface area contributed by atoms with Crippen LogP contribution in [0.3, 0.4) is 0 Å². The molecule has 0 saturated heterocycles. The van der Waals surface area contributed by atoms with E-state index in [-0.39, 0.29) is 0 Å². The Bertz CT molecular complexity index is 563. The largest absolute Gasteiger partial charge is 0.478 e. The van der Waals surface area contributed by atoms with E-state index in [1.807, 2.05) is 43.3 Å². The molecule has 2 rings (SSSR count). The Morgan fingerprint density at radius 3 is 2.56 bits per heavy atom. The molecule has 0 unspecified atom stereocenters. The normalized spacial score (nSPS) is 11.1. The van der Waals surface area contributed by atoms with Gasteiger partial charge in [0.15, 0.2) is 0 Å². The van der Waals surface area contributed by atoms with Crippen LogP contribution >= 0.6 is 0 Å². The van der Waals surface area contributed by atoms with Gasteiger partial charge >= 0.3 is 5.97 Å². The fourth-order valence-electron chi connectivity index (χ4n) is 1.86. The molecule has 2 heteroatoms. The highest BCUT2D eigenvalue weighted by Crippen LogP contribution is 2.23. The van der Waals surface area contributed by atoms with Crippen LogP contribution < -0.4 is 0 Å². The molecule has 2 nitrogen and oxygen atoms in total. The molecular formula is C14H12O2. The lowest BCUT2D eigenvalue weighted by molar-refractivity contribution is -0.131. The Hall–Kier alpha value is -2.09. The van der Waals surface area contributed by atoms with Crippen molar-refractivity contribution in [1.82, 2.24) is 0 Å². The molecule has 0 spiro atoms. The fourth-order valence-corrected chi connectivity index (χ4v) is 1.86. The van der Waals surface area contributed by atoms with Gasteiger partial charge in [-0.2, -0.15) is 0 Å². The van der Waals surface area contributed by atoms with Crippen LogP contribution in [0, 0.1) is 6.92 Å². The SMILES string of the molecule is Cc1cccc2cccc(C=CC(=O)O)c12. The van der Waals surface area contributed by atoms with E-state index in [1.165, 1.54) is 6.08 Å². The molecule has 0 aliphatic carbocycles. The van der Waals surface area contributed by atoms with Crippen LogP contribution in [-0.4, -0.2) is 11.1 Å². The predicted octanol–water partition coefficient (Wildman–Crippen LogP) is 3.25. The number of aliphatic carboxylic acids is 1. The van der Waals surface area contributed by atoms with Crippen LogP contribution in [0.2, 0.25) is 0 Å². The minimum absolute atomic E-state index is 0.925. The van der Waals surface area contributed by atoms with Gasteiger partial charge in [0.25, 0.3) is 0 Å². The van der Waals surface area contributed by atoms with Gasteiger partial charge in [-0.3, -0.25) is 0 Å². The summed E-state index contributed by atoms with van der Waals surface area (Å²) in [5.41, 5.74) is 2.10. The molecule has 2 aromatic rings. The van der Waals surface area contributed by atoms with E-state index >= 15 is 0 Å². The van der Waals surface area contributed by atoms with E-state index in [0.717, 1.165) is 21.9 Å². The molecule has 16 heavy (non-hydrogen) atoms. The topological polar surface area (TPSA) is 37.3 Å². The Labute approximate surface area is 93.8 Å². The van der Waals surface area contributed by atoms with Gasteiger partial charge in [-0.25, -0.2) is 4.79 Å². The number of carboxylic acid groups (broad SMARTS) is 1. The summed E-state index contributed by atoms with van der Waals surface area (Å²) in [6, 6.07) is 11.9. The molecule has 0 fully saturated rings. The lowest BCUT2D eigenvalue weighted by Gasteiger charge is -2.05. The van der Waals surface area contributed by atoms with Crippen LogP contribution in [0.1, 0.15) is 11.1 Å². The summed E-state index contributed by atoms with van der Waals surface area (Å²) in [5.74, 6) is -0.925. The first-order valence-corrected chi connectivity index (χ1v) is 5.08. The van der Waals surface area contributed by atoms with Crippen molar-refractivity contribution in [3.8, 4) is 0 Å². The van der Waals surface area contributed by atoms with Gasteiger partial charge in [0.2, 0.25) is 0 Å². The van der Waals surface area contributed by atoms with Crippen molar-refractivity contribution in [2.24, 2.45) is 0 Å². The summed E-state index contributed by atoms with van der Waals surface area (Å²) in [4.78, 5) is 10.5. The van der Waals surface area contributed by atoms with Crippen molar-refractivity contribution in [3.63, 3.8) is 0 Å². The van der Waals surface area contributed by atoms with E-state index < -0.39 is 5.97 Å². The monoisotopic (exact) mass is 212 g/mol. The van der Waals surface area contributed by atoms with Crippen LogP contribution in [0.4, 0.5) is 0 Å². The second-order valence-corrected chi connectivity index (χ2v) is 3.69. The third kappa shape index (κ3) is 1.96. The molecule has 0 amide bonds. The van der Waals surface area contributed by atoms with Gasteiger partial charge in [0, 0.05) is 6.08 Å². The number of carbonyl (C=O) groups is 1. The van der Waals surface area contributed by atoms with Gasteiger partial charge in [-0.1, -0.05) is 36.4 Å². The molecule has 0 aliphatic heterocycles. The fraction of sp³-hybridized carbons (Fsp3) is 0.0714. The van der Waals surface area contributed by atoms with Crippen molar-refractivity contribution in [3.05, 3.63) is 53.6 Å². The van der Waals surface area contributed by atoms with E-state index in [4.69, 9.17) is 5.11 Å². The van der Waals surface area contributed by atoms with Crippen molar-refractivity contribution >= 4 is 22.8 Å². The molecule has 2 aromatic carbocycles. The molecule has 0 saturated carbocycles. The second-order valence-electron chi connectivity index (χ2n) is 3.69. The number of hydrogen-bond donors (Lipinski definition) is 1. The third-order valence-corrected chi connectivity index (χ3v) is 2.55. The smallest absolute Gasteiger partial charge is 0.328 e. The maximum Gasteiger partial charge on any atom is 0.328 e. The molecule has 80 valence electrons. The number of hydrogen-bond acceptors (Lipinski definition) is 1. The van der Waals surface area contributed by atoms with Crippen LogP contribution in [0.25, 0.3) is 16.8 Å². The first-order chi connectivity index (χ1) is 7.68. The summed E-state index contributed by atoms with van der Waals surface area (Å²) in [6.07, 6.45) is 2.80. The van der Waals surface area contributed by atoms with Crippen LogP contribution in [0.15, 0.2) is 42.5 Å². The highest BCUT2D eigenvalue weighted by Gasteiger charge is 2.00. The standard InChI is InChI=1S/C14H12O2/c1-10-4-2-5-11-6-3-7-12(14(10)11)8-9-13(15)16/h2-9H,1H3,(H,15,16). The van der Waals surface area contributed by atoms with Crippen molar-refractivity contribution < 1.29 is 9.90 Å². The zero-order valence-corrected chi connectivity index (χ0v) is 8.97. The summed E-state index contributed by atoms with van der Waals surface area (Å²) in [7, 11) is 0. The van der Waals surface area contributed by atoms with E-state index in [9.17, 15) is 4.79 Å². The predicted molar refractivity (Wildman–Crippen MR) is 65.4 cm³/mol. The third-order valence-electron chi connectivity index (χ3n) is 2.55. The summed E-state index contributed by atoms with van der Waals surface area (Å²) in [5, 5.41) is 10.9. The van der Waals surface area contributed by atoms with E-state index in [2.05, 4.69) is 0 Å². The van der Waals surface area contributed by atoms with Crippen molar-refractivity contribution in [2.45, 2.75) is 6.92 Å². The van der Waals surface area contributed by atoms with E-state index in [1.54, 1.807) is 6.08 Å². The Balaban J connectivity index is 2.65. The summed E-state index contributed by atoms with van der Waals surface area (Å²) in [6.45, 7) is 2.03. The maximum absolute atomic E-state index is 10.5. The highest BCUT2D eigenvalue weighted by atomic mass is 16.4. The van der Waals surface area contributed by atoms with Gasteiger partial charge in [0.1, 0.15) is 0 Å². The lowest BCUT2D eigenvalue weighted by Crippen LogP contribution is -1.87. The molecule has 0 radical (unpaired) electrons. The number of rotatable bonds is 2. The molecule has 1 N–H and O–H groups in total. The second kappa shape index (κ2) is 4.19. The average Bonchev–Trinajstić information content (AvgIpc) is 2.26. The Morgan fingerprint density at radius 1 is 1.19 bits per heavy atom. The summed E-state index contributed by atoms with van der Waals surface area (Å²) >= 11 is 0. The van der Waals surface area contributed by atoms with Crippen molar-refractivity contribution in [2.75, 3.05) is 0 Å². The Morgan fingerprint density at radius 2 is 1.88 bits per heavy atom. The number of aryl methyl sites for hydroxylation is 1. The van der Waals surface area contributed by atoms with Gasteiger partial charge in [-0.05, 0) is 34.9 Å². The lowest BCUT2D eigenvalue weighted by atomic mass is 10.00. The van der Waals surface area contributed by atoms with Gasteiger partial charge in [-0.15, -0.1) is 0 Å². The number of benzene rings is 2. The molecule has 0 heterocycles. The number of fused-ring (bicyclic) bond motifs is 1. The molecule has 0 aliphatic rings. The van der Waals surface area contributed by atoms with E-state index in [0.29, 0.717) is 0 Å². The molecule has 0 aromatic heterocycles. The van der Waals surface area contributed by atoms with Gasteiger partial charge < -0.3 is 5.11 Å². The number of carboxylic acids is 1. The van der Waals surface area contributed by atoms with Gasteiger partial charge in [0.05, 0.1) is 0 Å². The van der Waals surface area contributed by atoms with Crippen molar-refractivity contribution in [1.29, 1.82) is 0 Å². The minimum Gasteiger partial charge on any atom is -0.478 e. The summed E-state index contributed by atoms with van der Waals surface area (Å²) < 4.78 is 0. The maximum atomic E-state index is 10.5. The molecular weight excluding hydrogens is 200 g/mol. The highest BCUT2D eigenvalue weighted by molar-refractivity contribution is 5.96. The minimum atomic E-state index is -0.925. The first-order valence-electron chi connectivity index (χ1n) is 5.08. The average molecular weight is 212 g/mol. The Kier molecular flexibility index (Phi) is 2.73. The van der Waals surface area contributed by atoms with Crippen LogP contribution in [0.5, 0.6) is 0 Å². The van der Waals surface area contributed by atoms with Crippen LogP contribution in [-0.2, 0) is 4.79 Å².